The molecule has 0 aliphatic heterocycles. The number of halogens is 3. The van der Waals surface area contributed by atoms with Crippen LogP contribution in [-0.2, 0) is 0 Å². The van der Waals surface area contributed by atoms with Gasteiger partial charge in [-0.05, 0) is 18.2 Å². The Balaban J connectivity index is 2.60. The lowest BCUT2D eigenvalue weighted by atomic mass is 10.0. The second-order valence-electron chi connectivity index (χ2n) is 4.01. The highest BCUT2D eigenvalue weighted by atomic mass is 19.4. The fourth-order valence-electron chi connectivity index (χ4n) is 1.73. The zero-order valence-electron chi connectivity index (χ0n) is 10.4. The van der Waals surface area contributed by atoms with Gasteiger partial charge in [-0.2, -0.15) is 0 Å². The summed E-state index contributed by atoms with van der Waals surface area (Å²) in [5.74, 6) is -1.89. The standard InChI is InChI=1S/C13H9F3N2O3/c14-13(15,16)21-10-4-2-1-3-8(10)11-9(12(19)20)5-7(17)6-18-11/h1-6H,17H2,(H,19,20). The molecule has 0 fully saturated rings. The Morgan fingerprint density at radius 3 is 2.57 bits per heavy atom. The highest BCUT2D eigenvalue weighted by Crippen LogP contribution is 2.34. The van der Waals surface area contributed by atoms with Gasteiger partial charge >= 0.3 is 12.3 Å². The first-order valence-electron chi connectivity index (χ1n) is 5.62. The number of rotatable bonds is 3. The van der Waals surface area contributed by atoms with E-state index in [9.17, 15) is 18.0 Å². The smallest absolute Gasteiger partial charge is 0.478 e. The molecule has 0 radical (unpaired) electrons. The van der Waals surface area contributed by atoms with Crippen molar-refractivity contribution in [2.24, 2.45) is 0 Å². The van der Waals surface area contributed by atoms with Crippen molar-refractivity contribution in [3.8, 4) is 17.0 Å². The number of hydrogen-bond acceptors (Lipinski definition) is 4. The van der Waals surface area contributed by atoms with Gasteiger partial charge in [0.05, 0.1) is 23.1 Å². The number of carboxylic acids is 1. The van der Waals surface area contributed by atoms with Crippen molar-refractivity contribution in [2.75, 3.05) is 5.73 Å². The number of aromatic carboxylic acids is 1. The number of nitrogens with zero attached hydrogens (tertiary/aromatic N) is 1. The van der Waals surface area contributed by atoms with E-state index in [0.717, 1.165) is 18.3 Å². The number of nitrogen functional groups attached to an aromatic ring is 1. The van der Waals surface area contributed by atoms with E-state index < -0.39 is 18.1 Å². The number of carbonyl (C=O) groups is 1. The van der Waals surface area contributed by atoms with E-state index in [1.165, 1.54) is 18.2 Å². The molecule has 0 atom stereocenters. The third kappa shape index (κ3) is 3.41. The Kier molecular flexibility index (Phi) is 3.70. The van der Waals surface area contributed by atoms with Gasteiger partial charge in [-0.3, -0.25) is 4.98 Å². The number of ether oxygens (including phenoxy) is 1. The molecule has 0 bridgehead atoms. The summed E-state index contributed by atoms with van der Waals surface area (Å²) in [4.78, 5) is 15.0. The number of aromatic nitrogens is 1. The van der Waals surface area contributed by atoms with Crippen LogP contribution in [0.2, 0.25) is 0 Å². The monoisotopic (exact) mass is 298 g/mol. The van der Waals surface area contributed by atoms with E-state index in [2.05, 4.69) is 9.72 Å². The van der Waals surface area contributed by atoms with E-state index in [-0.39, 0.29) is 22.5 Å². The molecule has 0 saturated heterocycles. The first-order valence-corrected chi connectivity index (χ1v) is 5.62. The quantitative estimate of drug-likeness (QED) is 0.910. The molecule has 5 nitrogen and oxygen atoms in total. The summed E-state index contributed by atoms with van der Waals surface area (Å²) in [6, 6.07) is 6.26. The summed E-state index contributed by atoms with van der Waals surface area (Å²) >= 11 is 0. The molecule has 1 aromatic carbocycles. The molecule has 110 valence electrons. The predicted molar refractivity (Wildman–Crippen MR) is 67.7 cm³/mol. The maximum absolute atomic E-state index is 12.4. The van der Waals surface area contributed by atoms with Crippen molar-refractivity contribution in [3.05, 3.63) is 42.1 Å². The molecule has 0 saturated carbocycles. The lowest BCUT2D eigenvalue weighted by Crippen LogP contribution is -2.18. The lowest BCUT2D eigenvalue weighted by molar-refractivity contribution is -0.274. The number of hydrogen-bond donors (Lipinski definition) is 2. The van der Waals surface area contributed by atoms with Gasteiger partial charge in [0.2, 0.25) is 0 Å². The third-order valence-corrected chi connectivity index (χ3v) is 2.51. The van der Waals surface area contributed by atoms with Crippen molar-refractivity contribution in [3.63, 3.8) is 0 Å². The molecule has 0 aliphatic carbocycles. The summed E-state index contributed by atoms with van der Waals surface area (Å²) in [6.07, 6.45) is -3.74. The number of nitrogens with two attached hydrogens (primary N) is 1. The highest BCUT2D eigenvalue weighted by molar-refractivity contribution is 5.96. The van der Waals surface area contributed by atoms with E-state index in [1.54, 1.807) is 0 Å². The Hall–Kier alpha value is -2.77. The van der Waals surface area contributed by atoms with Crippen molar-refractivity contribution in [2.45, 2.75) is 6.36 Å². The van der Waals surface area contributed by atoms with Gasteiger partial charge in [0.15, 0.2) is 0 Å². The zero-order valence-corrected chi connectivity index (χ0v) is 10.4. The molecule has 0 spiro atoms. The molecular formula is C13H9F3N2O3. The summed E-state index contributed by atoms with van der Waals surface area (Å²) in [5, 5.41) is 9.12. The van der Waals surface area contributed by atoms with Gasteiger partial charge in [0, 0.05) is 5.56 Å². The maximum Gasteiger partial charge on any atom is 0.573 e. The number of benzene rings is 1. The molecule has 8 heteroatoms. The number of pyridine rings is 1. The minimum atomic E-state index is -4.90. The van der Waals surface area contributed by atoms with Gasteiger partial charge in [-0.1, -0.05) is 12.1 Å². The molecule has 0 amide bonds. The molecular weight excluding hydrogens is 289 g/mol. The first kappa shape index (κ1) is 14.6. The molecule has 2 rings (SSSR count). The summed E-state index contributed by atoms with van der Waals surface area (Å²) in [6.45, 7) is 0. The van der Waals surface area contributed by atoms with Crippen LogP contribution in [-0.4, -0.2) is 22.4 Å². The van der Waals surface area contributed by atoms with Crippen molar-refractivity contribution < 1.29 is 27.8 Å². The molecule has 0 aliphatic rings. The number of carboxylic acid groups (broad SMARTS) is 1. The fraction of sp³-hybridized carbons (Fsp3) is 0.0769. The van der Waals surface area contributed by atoms with Crippen LogP contribution in [0.5, 0.6) is 5.75 Å². The number of para-hydroxylation sites is 1. The predicted octanol–water partition coefficient (Wildman–Crippen LogP) is 2.93. The van der Waals surface area contributed by atoms with Crippen LogP contribution in [0.3, 0.4) is 0 Å². The van der Waals surface area contributed by atoms with E-state index >= 15 is 0 Å². The average Bonchev–Trinajstić information content (AvgIpc) is 2.37. The lowest BCUT2D eigenvalue weighted by Gasteiger charge is -2.14. The van der Waals surface area contributed by atoms with E-state index in [4.69, 9.17) is 10.8 Å². The summed E-state index contributed by atoms with van der Waals surface area (Å²) < 4.78 is 41.0. The maximum atomic E-state index is 12.4. The Bertz CT molecular complexity index is 687. The second-order valence-corrected chi connectivity index (χ2v) is 4.01. The molecule has 0 unspecified atom stereocenters. The minimum absolute atomic E-state index is 0.0883. The third-order valence-electron chi connectivity index (χ3n) is 2.51. The highest BCUT2D eigenvalue weighted by Gasteiger charge is 2.32. The Morgan fingerprint density at radius 1 is 1.29 bits per heavy atom. The van der Waals surface area contributed by atoms with Gasteiger partial charge in [-0.25, -0.2) is 4.79 Å². The van der Waals surface area contributed by atoms with Crippen LogP contribution < -0.4 is 10.5 Å². The van der Waals surface area contributed by atoms with Crippen LogP contribution in [0, 0.1) is 0 Å². The van der Waals surface area contributed by atoms with Crippen LogP contribution in [0.1, 0.15) is 10.4 Å². The molecule has 1 heterocycles. The van der Waals surface area contributed by atoms with Gasteiger partial charge in [0.25, 0.3) is 0 Å². The largest absolute Gasteiger partial charge is 0.573 e. The van der Waals surface area contributed by atoms with Gasteiger partial charge in [0.1, 0.15) is 5.75 Å². The van der Waals surface area contributed by atoms with Crippen molar-refractivity contribution >= 4 is 11.7 Å². The van der Waals surface area contributed by atoms with Gasteiger partial charge in [-0.15, -0.1) is 13.2 Å². The Morgan fingerprint density at radius 2 is 1.95 bits per heavy atom. The molecule has 3 N–H and O–H groups in total. The minimum Gasteiger partial charge on any atom is -0.478 e. The fourth-order valence-corrected chi connectivity index (χ4v) is 1.73. The second kappa shape index (κ2) is 5.31. The van der Waals surface area contributed by atoms with Crippen LogP contribution >= 0.6 is 0 Å². The van der Waals surface area contributed by atoms with Crippen LogP contribution in [0.25, 0.3) is 11.3 Å². The molecule has 2 aromatic rings. The van der Waals surface area contributed by atoms with Crippen molar-refractivity contribution in [1.82, 2.24) is 4.98 Å². The zero-order chi connectivity index (χ0) is 15.6. The summed E-state index contributed by atoms with van der Waals surface area (Å²) in [5.41, 5.74) is 4.98. The van der Waals surface area contributed by atoms with Crippen LogP contribution in [0.4, 0.5) is 18.9 Å². The number of anilines is 1. The normalized spacial score (nSPS) is 11.2. The molecule has 1 aromatic heterocycles. The summed E-state index contributed by atoms with van der Waals surface area (Å²) in [7, 11) is 0. The average molecular weight is 298 g/mol. The SMILES string of the molecule is Nc1cnc(-c2ccccc2OC(F)(F)F)c(C(=O)O)c1. The number of alkyl halides is 3. The van der Waals surface area contributed by atoms with Crippen LogP contribution in [0.15, 0.2) is 36.5 Å². The van der Waals surface area contributed by atoms with Gasteiger partial charge < -0.3 is 15.6 Å². The molecule has 21 heavy (non-hydrogen) atoms. The topological polar surface area (TPSA) is 85.4 Å². The van der Waals surface area contributed by atoms with Crippen molar-refractivity contribution in [1.29, 1.82) is 0 Å². The van der Waals surface area contributed by atoms with E-state index in [0.29, 0.717) is 0 Å². The van der Waals surface area contributed by atoms with E-state index in [1.807, 2.05) is 0 Å². The Labute approximate surface area is 116 Å². The first-order chi connectivity index (χ1) is 9.78.